The van der Waals surface area contributed by atoms with Crippen LogP contribution in [0.15, 0.2) is 24.3 Å². The number of hydrogen-bond acceptors (Lipinski definition) is 7. The van der Waals surface area contributed by atoms with Crippen molar-refractivity contribution in [2.75, 3.05) is 25.5 Å². The molecule has 1 amide bonds. The van der Waals surface area contributed by atoms with Gasteiger partial charge in [0.2, 0.25) is 5.91 Å². The Labute approximate surface area is 154 Å². The molecule has 2 aromatic rings. The van der Waals surface area contributed by atoms with Crippen LogP contribution < -0.4 is 10.1 Å². The summed E-state index contributed by atoms with van der Waals surface area (Å²) in [5.74, 6) is 0.0882. The minimum absolute atomic E-state index is 0.0738. The maximum atomic E-state index is 12.1. The third kappa shape index (κ3) is 4.55. The largest absolute Gasteiger partial charge is 0.487 e. The summed E-state index contributed by atoms with van der Waals surface area (Å²) in [6.07, 6.45) is 1.64. The molecule has 0 aliphatic carbocycles. The zero-order valence-electron chi connectivity index (χ0n) is 14.4. The van der Waals surface area contributed by atoms with E-state index in [2.05, 4.69) is 22.2 Å². The van der Waals surface area contributed by atoms with E-state index in [4.69, 9.17) is 4.74 Å². The number of ether oxygens (including phenoxy) is 1. The molecule has 1 aliphatic rings. The predicted octanol–water partition coefficient (Wildman–Crippen LogP) is 2.84. The van der Waals surface area contributed by atoms with E-state index in [9.17, 15) is 14.9 Å². The molecule has 138 valence electrons. The number of anilines is 1. The second kappa shape index (κ2) is 8.24. The van der Waals surface area contributed by atoms with Crippen LogP contribution in [0, 0.1) is 10.1 Å². The summed E-state index contributed by atoms with van der Waals surface area (Å²) in [7, 11) is 2.07. The number of fused-ring (bicyclic) bond motifs is 1. The molecule has 8 nitrogen and oxygen atoms in total. The number of nitrogens with zero attached hydrogens (tertiary/aromatic N) is 3. The fraction of sp³-hybridized carbons (Fsp3) is 0.412. The molecule has 1 N–H and O–H groups in total. The highest BCUT2D eigenvalue weighted by molar-refractivity contribution is 7.15. The molecule has 1 aliphatic heterocycles. The Balaban J connectivity index is 1.45. The van der Waals surface area contributed by atoms with Crippen LogP contribution in [0.3, 0.4) is 0 Å². The molecule has 9 heteroatoms. The SMILES string of the molecule is CN1CCc2nc(NC(=O)CCCOc3ccccc3[N+](=O)[O-])sc2C1. The zero-order chi connectivity index (χ0) is 18.5. The number of nitro groups is 1. The molecule has 0 saturated carbocycles. The van der Waals surface area contributed by atoms with Crippen molar-refractivity contribution in [2.45, 2.75) is 25.8 Å². The number of thiazole rings is 1. The molecule has 1 aromatic carbocycles. The first kappa shape index (κ1) is 18.3. The topological polar surface area (TPSA) is 97.6 Å². The molecule has 0 unspecified atom stereocenters. The molecule has 0 bridgehead atoms. The maximum Gasteiger partial charge on any atom is 0.310 e. The summed E-state index contributed by atoms with van der Waals surface area (Å²) in [6, 6.07) is 6.21. The Bertz CT molecular complexity index is 808. The standard InChI is InChI=1S/C17H20N4O4S/c1-20-9-8-12-15(11-20)26-17(18-12)19-16(22)7-4-10-25-14-6-3-2-5-13(14)21(23)24/h2-3,5-6H,4,7-11H2,1H3,(H,18,19,22). The lowest BCUT2D eigenvalue weighted by molar-refractivity contribution is -0.385. The van der Waals surface area contributed by atoms with Crippen LogP contribution in [-0.4, -0.2) is 40.9 Å². The average Bonchev–Trinajstić information content (AvgIpc) is 3.00. The molecule has 0 fully saturated rings. The van der Waals surface area contributed by atoms with Gasteiger partial charge in [-0.2, -0.15) is 0 Å². The minimum atomic E-state index is -0.482. The molecule has 2 heterocycles. The summed E-state index contributed by atoms with van der Waals surface area (Å²) in [5.41, 5.74) is 0.999. The molecular formula is C17H20N4O4S. The Morgan fingerprint density at radius 2 is 2.27 bits per heavy atom. The van der Waals surface area contributed by atoms with E-state index >= 15 is 0 Å². The van der Waals surface area contributed by atoms with E-state index in [0.717, 1.165) is 25.2 Å². The Hall–Kier alpha value is -2.52. The Morgan fingerprint density at radius 3 is 3.08 bits per heavy atom. The molecule has 26 heavy (non-hydrogen) atoms. The first-order valence-electron chi connectivity index (χ1n) is 8.36. The van der Waals surface area contributed by atoms with E-state index in [-0.39, 0.29) is 30.4 Å². The van der Waals surface area contributed by atoms with Gasteiger partial charge in [-0.25, -0.2) is 4.98 Å². The van der Waals surface area contributed by atoms with Gasteiger partial charge in [0.25, 0.3) is 0 Å². The molecule has 0 atom stereocenters. The molecule has 0 spiro atoms. The number of carbonyl (C=O) groups excluding carboxylic acids is 1. The number of nitro benzene ring substituents is 1. The number of rotatable bonds is 7. The number of carbonyl (C=O) groups is 1. The van der Waals surface area contributed by atoms with Crippen LogP contribution >= 0.6 is 11.3 Å². The van der Waals surface area contributed by atoms with E-state index in [0.29, 0.717) is 11.6 Å². The third-order valence-corrected chi connectivity index (χ3v) is 5.03. The predicted molar refractivity (Wildman–Crippen MR) is 98.6 cm³/mol. The number of nitrogens with one attached hydrogen (secondary N) is 1. The van der Waals surface area contributed by atoms with Gasteiger partial charge in [-0.3, -0.25) is 14.9 Å². The number of likely N-dealkylation sites (N-methyl/N-ethyl adjacent to an activating group) is 1. The summed E-state index contributed by atoms with van der Waals surface area (Å²) >= 11 is 1.52. The Kier molecular flexibility index (Phi) is 5.79. The van der Waals surface area contributed by atoms with Gasteiger partial charge in [-0.1, -0.05) is 12.1 Å². The molecule has 0 saturated heterocycles. The van der Waals surface area contributed by atoms with Gasteiger partial charge >= 0.3 is 5.69 Å². The normalized spacial score (nSPS) is 13.9. The highest BCUT2D eigenvalue weighted by Crippen LogP contribution is 2.28. The lowest BCUT2D eigenvalue weighted by atomic mass is 10.2. The number of para-hydroxylation sites is 2. The van der Waals surface area contributed by atoms with Crippen LogP contribution in [0.2, 0.25) is 0 Å². The smallest absolute Gasteiger partial charge is 0.310 e. The molecule has 0 radical (unpaired) electrons. The number of benzene rings is 1. The summed E-state index contributed by atoms with van der Waals surface area (Å²) in [4.78, 5) is 30.4. The third-order valence-electron chi connectivity index (χ3n) is 4.04. The highest BCUT2D eigenvalue weighted by Gasteiger charge is 2.19. The van der Waals surface area contributed by atoms with Crippen LogP contribution in [0.5, 0.6) is 5.75 Å². The second-order valence-electron chi connectivity index (χ2n) is 6.10. The van der Waals surface area contributed by atoms with Gasteiger partial charge in [0, 0.05) is 36.9 Å². The van der Waals surface area contributed by atoms with Crippen molar-refractivity contribution in [3.05, 3.63) is 45.0 Å². The van der Waals surface area contributed by atoms with Crippen LogP contribution in [0.25, 0.3) is 0 Å². The summed E-state index contributed by atoms with van der Waals surface area (Å²) < 4.78 is 5.44. The lowest BCUT2D eigenvalue weighted by Gasteiger charge is -2.20. The van der Waals surface area contributed by atoms with Crippen LogP contribution in [-0.2, 0) is 17.8 Å². The van der Waals surface area contributed by atoms with E-state index in [1.165, 1.54) is 22.3 Å². The van der Waals surface area contributed by atoms with Crippen molar-refractivity contribution in [1.82, 2.24) is 9.88 Å². The second-order valence-corrected chi connectivity index (χ2v) is 7.19. The Morgan fingerprint density at radius 1 is 1.46 bits per heavy atom. The van der Waals surface area contributed by atoms with Gasteiger partial charge < -0.3 is 15.0 Å². The van der Waals surface area contributed by atoms with Gasteiger partial charge in [0.05, 0.1) is 17.2 Å². The van der Waals surface area contributed by atoms with E-state index in [1.807, 2.05) is 0 Å². The summed E-state index contributed by atoms with van der Waals surface area (Å²) in [5, 5.41) is 14.4. The van der Waals surface area contributed by atoms with Gasteiger partial charge in [-0.15, -0.1) is 11.3 Å². The quantitative estimate of drug-likeness (QED) is 0.453. The molecule has 1 aromatic heterocycles. The van der Waals surface area contributed by atoms with Gasteiger partial charge in [-0.05, 0) is 19.5 Å². The summed E-state index contributed by atoms with van der Waals surface area (Å²) in [6.45, 7) is 2.08. The molecular weight excluding hydrogens is 356 g/mol. The average molecular weight is 376 g/mol. The fourth-order valence-corrected chi connectivity index (χ4v) is 3.81. The van der Waals surface area contributed by atoms with E-state index < -0.39 is 4.92 Å². The first-order chi connectivity index (χ1) is 12.5. The van der Waals surface area contributed by atoms with Crippen LogP contribution in [0.1, 0.15) is 23.4 Å². The lowest BCUT2D eigenvalue weighted by Crippen LogP contribution is -2.25. The van der Waals surface area contributed by atoms with Crippen molar-refractivity contribution in [3.63, 3.8) is 0 Å². The van der Waals surface area contributed by atoms with Gasteiger partial charge in [0.1, 0.15) is 0 Å². The van der Waals surface area contributed by atoms with Crippen molar-refractivity contribution < 1.29 is 14.5 Å². The first-order valence-corrected chi connectivity index (χ1v) is 9.18. The molecule has 3 rings (SSSR count). The number of aromatic nitrogens is 1. The minimum Gasteiger partial charge on any atom is -0.487 e. The zero-order valence-corrected chi connectivity index (χ0v) is 15.3. The van der Waals surface area contributed by atoms with Crippen molar-refractivity contribution >= 4 is 28.1 Å². The van der Waals surface area contributed by atoms with Crippen molar-refractivity contribution in [1.29, 1.82) is 0 Å². The van der Waals surface area contributed by atoms with Crippen molar-refractivity contribution in [2.24, 2.45) is 0 Å². The highest BCUT2D eigenvalue weighted by atomic mass is 32.1. The monoisotopic (exact) mass is 376 g/mol. The maximum absolute atomic E-state index is 12.1. The van der Waals surface area contributed by atoms with Crippen molar-refractivity contribution in [3.8, 4) is 5.75 Å². The van der Waals surface area contributed by atoms with Crippen LogP contribution in [0.4, 0.5) is 10.8 Å². The fourth-order valence-electron chi connectivity index (χ4n) is 2.70. The van der Waals surface area contributed by atoms with Gasteiger partial charge in [0.15, 0.2) is 10.9 Å². The number of amides is 1. The van der Waals surface area contributed by atoms with E-state index in [1.54, 1.807) is 18.2 Å². The number of hydrogen-bond donors (Lipinski definition) is 1.